The van der Waals surface area contributed by atoms with Crippen molar-refractivity contribution in [1.82, 2.24) is 0 Å². The van der Waals surface area contributed by atoms with Gasteiger partial charge in [-0.15, -0.1) is 0 Å². The molecule has 0 amide bonds. The van der Waals surface area contributed by atoms with E-state index in [2.05, 4.69) is 72.8 Å². The van der Waals surface area contributed by atoms with E-state index in [4.69, 9.17) is 0 Å². The van der Waals surface area contributed by atoms with E-state index in [-0.39, 0.29) is 0 Å². The summed E-state index contributed by atoms with van der Waals surface area (Å²) in [5.74, 6) is 0. The molecule has 0 unspecified atom stereocenters. The number of rotatable bonds is 0. The molecular formula is C29H34. The van der Waals surface area contributed by atoms with Crippen LogP contribution in [0.1, 0.15) is 68.9 Å². The Hall–Kier alpha value is -2.34. The third-order valence-electron chi connectivity index (χ3n) is 6.39. The molecule has 150 valence electrons. The Bertz CT molecular complexity index is 796. The summed E-state index contributed by atoms with van der Waals surface area (Å²) in [5.41, 5.74) is 8.25. The third kappa shape index (κ3) is 5.60. The summed E-state index contributed by atoms with van der Waals surface area (Å²) in [6.07, 6.45) is 14.9. The van der Waals surface area contributed by atoms with Crippen LogP contribution in [-0.4, -0.2) is 0 Å². The van der Waals surface area contributed by atoms with E-state index in [0.717, 1.165) is 0 Å². The Kier molecular flexibility index (Phi) is 7.18. The van der Waals surface area contributed by atoms with Crippen molar-refractivity contribution in [1.29, 1.82) is 0 Å². The zero-order chi connectivity index (χ0) is 19.7. The molecule has 29 heavy (non-hydrogen) atoms. The molecule has 6 rings (SSSR count). The highest BCUT2D eigenvalue weighted by Crippen LogP contribution is 2.32. The van der Waals surface area contributed by atoms with Gasteiger partial charge in [0.05, 0.1) is 0 Å². The normalized spacial score (nSPS) is 16.1. The standard InChI is InChI=1S/C29H34/c1-2-4-6-8-12-24-16-20-26(21-17-24)28-14-10-11-15-29(28)27-22-18-25(19-23-27)13-9-7-5-3-1/h10-11,14-23H,1-9,12-13H2. The maximum Gasteiger partial charge on any atom is -0.0105 e. The van der Waals surface area contributed by atoms with Crippen LogP contribution in [0, 0.1) is 0 Å². The van der Waals surface area contributed by atoms with E-state index in [9.17, 15) is 0 Å². The lowest BCUT2D eigenvalue weighted by Gasteiger charge is -2.12. The lowest BCUT2D eigenvalue weighted by Crippen LogP contribution is -1.89. The SMILES string of the molecule is c1ccc2c(c1)-c1ccc(cc1)CCCCCCCCCCCc1ccc-2cc1. The Morgan fingerprint density at radius 3 is 1.07 bits per heavy atom. The number of aryl methyl sites for hydroxylation is 2. The molecule has 0 heteroatoms. The van der Waals surface area contributed by atoms with Crippen molar-refractivity contribution in [3.63, 3.8) is 0 Å². The predicted molar refractivity (Wildman–Crippen MR) is 126 cm³/mol. The number of benzene rings is 3. The fraction of sp³-hybridized carbons (Fsp3) is 0.379. The van der Waals surface area contributed by atoms with Gasteiger partial charge in [0.2, 0.25) is 0 Å². The first-order chi connectivity index (χ1) is 14.4. The van der Waals surface area contributed by atoms with Gasteiger partial charge in [-0.1, -0.05) is 118 Å². The highest BCUT2D eigenvalue weighted by atomic mass is 14.1. The van der Waals surface area contributed by atoms with Crippen LogP contribution < -0.4 is 0 Å². The number of fused-ring (bicyclic) bond motifs is 2. The smallest absolute Gasteiger partial charge is 0.0105 e. The second-order valence-electron chi connectivity index (χ2n) is 8.62. The molecule has 0 N–H and O–H groups in total. The summed E-state index contributed by atoms with van der Waals surface area (Å²) in [6, 6.07) is 27.4. The van der Waals surface area contributed by atoms with E-state index in [1.54, 1.807) is 0 Å². The van der Waals surface area contributed by atoms with Gasteiger partial charge < -0.3 is 0 Å². The van der Waals surface area contributed by atoms with Gasteiger partial charge in [-0.05, 0) is 59.1 Å². The van der Waals surface area contributed by atoms with Crippen LogP contribution in [0.4, 0.5) is 0 Å². The average molecular weight is 383 g/mol. The van der Waals surface area contributed by atoms with Crippen LogP contribution in [0.3, 0.4) is 0 Å². The van der Waals surface area contributed by atoms with Gasteiger partial charge >= 0.3 is 0 Å². The molecule has 0 radical (unpaired) electrons. The van der Waals surface area contributed by atoms with E-state index >= 15 is 0 Å². The van der Waals surface area contributed by atoms with Crippen molar-refractivity contribution in [3.8, 4) is 22.3 Å². The number of hydrogen-bond donors (Lipinski definition) is 0. The lowest BCUT2D eigenvalue weighted by molar-refractivity contribution is 0.558. The van der Waals surface area contributed by atoms with Gasteiger partial charge in [0, 0.05) is 0 Å². The second kappa shape index (κ2) is 10.4. The minimum atomic E-state index is 1.21. The molecule has 3 aliphatic rings. The van der Waals surface area contributed by atoms with Crippen molar-refractivity contribution in [2.45, 2.75) is 70.6 Å². The summed E-state index contributed by atoms with van der Waals surface area (Å²) in [4.78, 5) is 0. The minimum Gasteiger partial charge on any atom is -0.0616 e. The molecule has 0 saturated heterocycles. The van der Waals surface area contributed by atoms with Gasteiger partial charge in [-0.2, -0.15) is 0 Å². The fourth-order valence-corrected chi connectivity index (χ4v) is 4.58. The molecule has 4 bridgehead atoms. The number of hydrogen-bond acceptors (Lipinski definition) is 0. The van der Waals surface area contributed by atoms with Crippen molar-refractivity contribution in [2.24, 2.45) is 0 Å². The maximum absolute atomic E-state index is 2.33. The van der Waals surface area contributed by atoms with Gasteiger partial charge in [0.1, 0.15) is 0 Å². The first-order valence-electron chi connectivity index (χ1n) is 11.7. The molecule has 0 atom stereocenters. The Balaban J connectivity index is 1.59. The molecule has 0 fully saturated rings. The first-order valence-corrected chi connectivity index (χ1v) is 11.7. The van der Waals surface area contributed by atoms with Gasteiger partial charge in [0.15, 0.2) is 0 Å². The largest absolute Gasteiger partial charge is 0.0616 e. The second-order valence-corrected chi connectivity index (χ2v) is 8.62. The molecule has 0 aliphatic heterocycles. The quantitative estimate of drug-likeness (QED) is 0.365. The van der Waals surface area contributed by atoms with Gasteiger partial charge in [0.25, 0.3) is 0 Å². The molecular weight excluding hydrogens is 348 g/mol. The first kappa shape index (κ1) is 20.0. The van der Waals surface area contributed by atoms with Crippen LogP contribution in [0.5, 0.6) is 0 Å². The van der Waals surface area contributed by atoms with Crippen LogP contribution in [0.25, 0.3) is 22.3 Å². The van der Waals surface area contributed by atoms with Crippen LogP contribution in [0.2, 0.25) is 0 Å². The lowest BCUT2D eigenvalue weighted by atomic mass is 9.93. The molecule has 3 aromatic carbocycles. The zero-order valence-electron chi connectivity index (χ0n) is 17.7. The Morgan fingerprint density at radius 2 is 0.690 bits per heavy atom. The van der Waals surface area contributed by atoms with Gasteiger partial charge in [-0.3, -0.25) is 0 Å². The molecule has 0 spiro atoms. The van der Waals surface area contributed by atoms with Crippen molar-refractivity contribution < 1.29 is 0 Å². The third-order valence-corrected chi connectivity index (χ3v) is 6.39. The summed E-state index contributed by atoms with van der Waals surface area (Å²) in [7, 11) is 0. The van der Waals surface area contributed by atoms with E-state index in [1.165, 1.54) is 104 Å². The van der Waals surface area contributed by atoms with Crippen molar-refractivity contribution >= 4 is 0 Å². The predicted octanol–water partition coefficient (Wildman–Crippen LogP) is 8.63. The van der Waals surface area contributed by atoms with Crippen molar-refractivity contribution in [3.05, 3.63) is 83.9 Å². The summed E-state index contributed by atoms with van der Waals surface area (Å²) < 4.78 is 0. The van der Waals surface area contributed by atoms with Gasteiger partial charge in [-0.25, -0.2) is 0 Å². The zero-order valence-corrected chi connectivity index (χ0v) is 17.7. The monoisotopic (exact) mass is 382 g/mol. The van der Waals surface area contributed by atoms with Crippen LogP contribution >= 0.6 is 0 Å². The summed E-state index contributed by atoms with van der Waals surface area (Å²) in [5, 5.41) is 0. The molecule has 0 aromatic heterocycles. The van der Waals surface area contributed by atoms with Crippen LogP contribution in [0.15, 0.2) is 72.8 Å². The van der Waals surface area contributed by atoms with E-state index in [0.29, 0.717) is 0 Å². The highest BCUT2D eigenvalue weighted by Gasteiger charge is 2.07. The maximum atomic E-state index is 2.33. The Morgan fingerprint density at radius 1 is 0.345 bits per heavy atom. The summed E-state index contributed by atoms with van der Waals surface area (Å²) in [6.45, 7) is 0. The topological polar surface area (TPSA) is 0 Å². The van der Waals surface area contributed by atoms with Crippen LogP contribution in [-0.2, 0) is 12.8 Å². The molecule has 0 saturated carbocycles. The highest BCUT2D eigenvalue weighted by molar-refractivity contribution is 5.83. The van der Waals surface area contributed by atoms with E-state index < -0.39 is 0 Å². The average Bonchev–Trinajstić information content (AvgIpc) is 2.78. The molecule has 0 nitrogen and oxygen atoms in total. The minimum absolute atomic E-state index is 1.21. The van der Waals surface area contributed by atoms with E-state index in [1.807, 2.05) is 0 Å². The molecule has 3 aromatic rings. The van der Waals surface area contributed by atoms with Crippen molar-refractivity contribution in [2.75, 3.05) is 0 Å². The fourth-order valence-electron chi connectivity index (χ4n) is 4.58. The summed E-state index contributed by atoms with van der Waals surface area (Å²) >= 11 is 0. The molecule has 0 heterocycles. The molecule has 3 aliphatic carbocycles. The Labute approximate surface area is 177 Å².